The van der Waals surface area contributed by atoms with E-state index in [4.69, 9.17) is 4.84 Å². The topological polar surface area (TPSA) is 54.3 Å². The van der Waals surface area contributed by atoms with Gasteiger partial charge in [0.15, 0.2) is 4.32 Å². The van der Waals surface area contributed by atoms with Gasteiger partial charge in [-0.3, -0.25) is 4.79 Å². The van der Waals surface area contributed by atoms with E-state index in [9.17, 15) is 4.79 Å². The molecular formula is C11H18BrN3O2. The van der Waals surface area contributed by atoms with E-state index in [2.05, 4.69) is 26.2 Å². The van der Waals surface area contributed by atoms with Crippen LogP contribution in [0.5, 0.6) is 0 Å². The van der Waals surface area contributed by atoms with Crippen LogP contribution in [-0.2, 0) is 9.63 Å². The summed E-state index contributed by atoms with van der Waals surface area (Å²) in [4.78, 5) is 17.2. The van der Waals surface area contributed by atoms with Gasteiger partial charge in [-0.1, -0.05) is 34.9 Å². The summed E-state index contributed by atoms with van der Waals surface area (Å²) >= 11 is 3.42. The van der Waals surface area contributed by atoms with Crippen LogP contribution in [0.2, 0.25) is 0 Å². The first-order chi connectivity index (χ1) is 7.80. The van der Waals surface area contributed by atoms with Crippen LogP contribution in [0.25, 0.3) is 0 Å². The Morgan fingerprint density at radius 1 is 1.65 bits per heavy atom. The number of hydrogen-bond acceptors (Lipinski definition) is 4. The predicted molar refractivity (Wildman–Crippen MR) is 71.4 cm³/mol. The number of alkyl halides is 1. The van der Waals surface area contributed by atoms with E-state index in [0.717, 1.165) is 0 Å². The maximum atomic E-state index is 12.0. The van der Waals surface area contributed by atoms with Gasteiger partial charge in [-0.05, 0) is 19.8 Å². The normalized spacial score (nSPS) is 25.6. The molecule has 1 aliphatic heterocycles. The van der Waals surface area contributed by atoms with Crippen LogP contribution in [0.4, 0.5) is 0 Å². The number of halogens is 1. The highest BCUT2D eigenvalue weighted by Crippen LogP contribution is 2.30. The quantitative estimate of drug-likeness (QED) is 0.453. The number of nitrogens with zero attached hydrogens (tertiary/aromatic N) is 3. The minimum atomic E-state index is -0.946. The molecule has 1 atom stereocenters. The lowest BCUT2D eigenvalue weighted by Crippen LogP contribution is -2.45. The lowest BCUT2D eigenvalue weighted by molar-refractivity contribution is -0.127. The highest BCUT2D eigenvalue weighted by Gasteiger charge is 2.49. The van der Waals surface area contributed by atoms with E-state index < -0.39 is 4.32 Å². The zero-order valence-corrected chi connectivity index (χ0v) is 12.4. The van der Waals surface area contributed by atoms with E-state index in [1.165, 1.54) is 5.01 Å². The Morgan fingerprint density at radius 2 is 2.24 bits per heavy atom. The number of rotatable bonds is 4. The third-order valence-corrected chi connectivity index (χ3v) is 3.98. The van der Waals surface area contributed by atoms with E-state index in [1.54, 1.807) is 20.9 Å². The number of hydrazone groups is 1. The van der Waals surface area contributed by atoms with Crippen molar-refractivity contribution < 1.29 is 9.63 Å². The first-order valence-electron chi connectivity index (χ1n) is 5.50. The van der Waals surface area contributed by atoms with E-state index in [1.807, 2.05) is 13.8 Å². The predicted octanol–water partition coefficient (Wildman–Crippen LogP) is 2.02. The van der Waals surface area contributed by atoms with Gasteiger partial charge in [-0.25, -0.2) is 5.01 Å². The second-order valence-corrected chi connectivity index (χ2v) is 5.73. The summed E-state index contributed by atoms with van der Waals surface area (Å²) in [5, 5.41) is 9.41. The monoisotopic (exact) mass is 303 g/mol. The lowest BCUT2D eigenvalue weighted by Gasteiger charge is -2.19. The number of carbonyl (C=O) groups is 1. The third-order valence-electron chi connectivity index (χ3n) is 2.50. The summed E-state index contributed by atoms with van der Waals surface area (Å²) in [6.07, 6.45) is 0. The number of oxime groups is 1. The van der Waals surface area contributed by atoms with Crippen molar-refractivity contribution in [3.05, 3.63) is 0 Å². The number of amides is 1. The van der Waals surface area contributed by atoms with Gasteiger partial charge in [0.1, 0.15) is 6.61 Å². The van der Waals surface area contributed by atoms with Gasteiger partial charge in [-0.2, -0.15) is 5.10 Å². The fraction of sp³-hybridized carbons (Fsp3) is 0.727. The Balaban J connectivity index is 2.84. The molecule has 5 nitrogen and oxygen atoms in total. The summed E-state index contributed by atoms with van der Waals surface area (Å²) in [7, 11) is 1.62. The molecule has 96 valence electrons. The summed E-state index contributed by atoms with van der Waals surface area (Å²) in [6, 6.07) is 0. The van der Waals surface area contributed by atoms with Crippen LogP contribution in [0.15, 0.2) is 10.3 Å². The first kappa shape index (κ1) is 14.2. The fourth-order valence-corrected chi connectivity index (χ4v) is 1.89. The van der Waals surface area contributed by atoms with Crippen molar-refractivity contribution >= 4 is 33.3 Å². The van der Waals surface area contributed by atoms with Crippen LogP contribution in [0.3, 0.4) is 0 Å². The van der Waals surface area contributed by atoms with Gasteiger partial charge >= 0.3 is 0 Å². The third kappa shape index (κ3) is 2.68. The summed E-state index contributed by atoms with van der Waals surface area (Å²) < 4.78 is -0.946. The minimum Gasteiger partial charge on any atom is -0.396 e. The SMILES string of the molecule is CC(=NOCC(C)C)C1(Br)C(=O)N(C)N=C1C. The van der Waals surface area contributed by atoms with Gasteiger partial charge in [0, 0.05) is 7.05 Å². The molecule has 0 fully saturated rings. The molecule has 0 aromatic heterocycles. The van der Waals surface area contributed by atoms with Crippen molar-refractivity contribution in [3.63, 3.8) is 0 Å². The molecule has 1 amide bonds. The van der Waals surface area contributed by atoms with E-state index in [0.29, 0.717) is 23.9 Å². The maximum absolute atomic E-state index is 12.0. The molecule has 0 aromatic carbocycles. The molecule has 0 bridgehead atoms. The van der Waals surface area contributed by atoms with Gasteiger partial charge in [-0.15, -0.1) is 0 Å². The van der Waals surface area contributed by atoms with Crippen molar-refractivity contribution in [1.82, 2.24) is 5.01 Å². The molecule has 0 aromatic rings. The van der Waals surface area contributed by atoms with Crippen LogP contribution < -0.4 is 0 Å². The Bertz CT molecular complexity index is 379. The summed E-state index contributed by atoms with van der Waals surface area (Å²) in [5.74, 6) is 0.249. The molecular weight excluding hydrogens is 286 g/mol. The van der Waals surface area contributed by atoms with E-state index >= 15 is 0 Å². The smallest absolute Gasteiger partial charge is 0.271 e. The second kappa shape index (κ2) is 5.16. The van der Waals surface area contributed by atoms with Crippen molar-refractivity contribution in [2.24, 2.45) is 16.2 Å². The molecule has 17 heavy (non-hydrogen) atoms. The highest BCUT2D eigenvalue weighted by atomic mass is 79.9. The number of hydrogen-bond donors (Lipinski definition) is 0. The van der Waals surface area contributed by atoms with Gasteiger partial charge in [0.25, 0.3) is 5.91 Å². The molecule has 1 rings (SSSR count). The van der Waals surface area contributed by atoms with Crippen LogP contribution in [-0.4, -0.2) is 40.3 Å². The van der Waals surface area contributed by atoms with Crippen LogP contribution in [0, 0.1) is 5.92 Å². The Hall–Kier alpha value is -0.910. The molecule has 1 aliphatic rings. The van der Waals surface area contributed by atoms with Crippen molar-refractivity contribution in [1.29, 1.82) is 0 Å². The lowest BCUT2D eigenvalue weighted by atomic mass is 9.99. The highest BCUT2D eigenvalue weighted by molar-refractivity contribution is 9.11. The average molecular weight is 304 g/mol. The Kier molecular flexibility index (Phi) is 4.30. The summed E-state index contributed by atoms with van der Waals surface area (Å²) in [5.41, 5.74) is 1.23. The number of carbonyl (C=O) groups excluding carboxylic acids is 1. The van der Waals surface area contributed by atoms with Crippen molar-refractivity contribution in [2.75, 3.05) is 13.7 Å². The second-order valence-electron chi connectivity index (χ2n) is 4.54. The van der Waals surface area contributed by atoms with E-state index in [-0.39, 0.29) is 5.91 Å². The minimum absolute atomic E-state index is 0.149. The Labute approximate surface area is 110 Å². The first-order valence-corrected chi connectivity index (χ1v) is 6.29. The summed E-state index contributed by atoms with van der Waals surface area (Å²) in [6.45, 7) is 8.15. The molecule has 0 saturated carbocycles. The molecule has 0 radical (unpaired) electrons. The van der Waals surface area contributed by atoms with Crippen molar-refractivity contribution in [2.45, 2.75) is 32.0 Å². The largest absolute Gasteiger partial charge is 0.396 e. The molecule has 0 N–H and O–H groups in total. The zero-order chi connectivity index (χ0) is 13.2. The van der Waals surface area contributed by atoms with Crippen LogP contribution in [0.1, 0.15) is 27.7 Å². The van der Waals surface area contributed by atoms with Gasteiger partial charge in [0.05, 0.1) is 11.4 Å². The van der Waals surface area contributed by atoms with Crippen LogP contribution >= 0.6 is 15.9 Å². The van der Waals surface area contributed by atoms with Gasteiger partial charge < -0.3 is 4.84 Å². The zero-order valence-electron chi connectivity index (χ0n) is 10.8. The average Bonchev–Trinajstić information content (AvgIpc) is 2.43. The fourth-order valence-electron chi connectivity index (χ4n) is 1.48. The molecule has 1 heterocycles. The van der Waals surface area contributed by atoms with Gasteiger partial charge in [0.2, 0.25) is 0 Å². The maximum Gasteiger partial charge on any atom is 0.271 e. The molecule has 0 aliphatic carbocycles. The molecule has 0 saturated heterocycles. The molecule has 1 unspecified atom stereocenters. The Morgan fingerprint density at radius 3 is 2.65 bits per heavy atom. The molecule has 6 heteroatoms. The standard InChI is InChI=1S/C11H18BrN3O2/c1-7(2)6-17-14-9(4)11(12)8(3)13-15(5)10(11)16/h7H,6H2,1-5H3. The van der Waals surface area contributed by atoms with Crippen molar-refractivity contribution in [3.8, 4) is 0 Å². The molecule has 0 spiro atoms.